The summed E-state index contributed by atoms with van der Waals surface area (Å²) >= 11 is 6.28. The summed E-state index contributed by atoms with van der Waals surface area (Å²) in [6.07, 6.45) is 14.5. The second-order valence-electron chi connectivity index (χ2n) is 14.3. The average molecular weight is 694 g/mol. The van der Waals surface area contributed by atoms with E-state index in [4.69, 9.17) is 26.4 Å². The molecule has 1 aliphatic carbocycles. The number of nitriles is 1. The summed E-state index contributed by atoms with van der Waals surface area (Å²) in [4.78, 5) is 18.2. The highest BCUT2D eigenvalue weighted by Gasteiger charge is 2.26. The number of ether oxygens (including phenoxy) is 1. The average Bonchev–Trinajstić information content (AvgIpc) is 3.33. The molecular formula is C43H52ClN3O3. The summed E-state index contributed by atoms with van der Waals surface area (Å²) in [6.45, 7) is 21.0. The molecule has 0 amide bonds. The Morgan fingerprint density at radius 3 is 2.60 bits per heavy atom. The smallest absolute Gasteiger partial charge is 0.303 e. The van der Waals surface area contributed by atoms with Gasteiger partial charge in [-0.25, -0.2) is 4.99 Å². The van der Waals surface area contributed by atoms with Crippen molar-refractivity contribution in [3.63, 3.8) is 0 Å². The fourth-order valence-electron chi connectivity index (χ4n) is 6.96. The molecule has 2 unspecified atom stereocenters. The predicted octanol–water partition coefficient (Wildman–Crippen LogP) is 10.6. The van der Waals surface area contributed by atoms with Crippen LogP contribution in [0.15, 0.2) is 108 Å². The van der Waals surface area contributed by atoms with Gasteiger partial charge >= 0.3 is 5.97 Å². The summed E-state index contributed by atoms with van der Waals surface area (Å²) < 4.78 is 6.02. The number of aliphatic carboxylic acids is 1. The molecule has 50 heavy (non-hydrogen) atoms. The molecule has 1 aliphatic heterocycles. The van der Waals surface area contributed by atoms with Gasteiger partial charge in [0.1, 0.15) is 18.2 Å². The van der Waals surface area contributed by atoms with Gasteiger partial charge in [-0.2, -0.15) is 5.26 Å². The third kappa shape index (κ3) is 11.1. The van der Waals surface area contributed by atoms with Gasteiger partial charge in [-0.3, -0.25) is 4.79 Å². The highest BCUT2D eigenvalue weighted by atomic mass is 35.5. The molecule has 0 radical (unpaired) electrons. The topological polar surface area (TPSA) is 85.9 Å². The molecule has 4 rings (SSSR count). The molecular weight excluding hydrogens is 642 g/mol. The highest BCUT2D eigenvalue weighted by Crippen LogP contribution is 2.38. The normalized spacial score (nSPS) is 18.7. The Kier molecular flexibility index (Phi) is 13.9. The zero-order chi connectivity index (χ0) is 36.3. The number of amidine groups is 1. The van der Waals surface area contributed by atoms with Crippen LogP contribution < -0.4 is 4.74 Å². The maximum Gasteiger partial charge on any atom is 0.303 e. The fourth-order valence-corrected chi connectivity index (χ4v) is 7.19. The van der Waals surface area contributed by atoms with Crippen molar-refractivity contribution in [1.29, 1.82) is 5.26 Å². The Labute approximate surface area is 304 Å². The Bertz CT molecular complexity index is 1690. The first-order valence-electron chi connectivity index (χ1n) is 17.7. The second-order valence-corrected chi connectivity index (χ2v) is 14.8. The van der Waals surface area contributed by atoms with Crippen LogP contribution in [0.3, 0.4) is 0 Å². The lowest BCUT2D eigenvalue weighted by Crippen LogP contribution is -2.32. The summed E-state index contributed by atoms with van der Waals surface area (Å²) in [6, 6.07) is 15.6. The second kappa shape index (κ2) is 18.1. The predicted molar refractivity (Wildman–Crippen MR) is 206 cm³/mol. The lowest BCUT2D eigenvalue weighted by atomic mass is 9.74. The number of hydrogen-bond acceptors (Lipinski definition) is 4. The zero-order valence-electron chi connectivity index (χ0n) is 30.0. The zero-order valence-corrected chi connectivity index (χ0v) is 30.8. The van der Waals surface area contributed by atoms with Crippen LogP contribution in [0.2, 0.25) is 5.02 Å². The molecule has 2 atom stereocenters. The number of carbonyl (C=O) groups is 1. The molecule has 2 aromatic rings. The van der Waals surface area contributed by atoms with Gasteiger partial charge in [0.25, 0.3) is 0 Å². The molecule has 0 aromatic heterocycles. The number of nitrogens with zero attached hydrogens (tertiary/aromatic N) is 3. The summed E-state index contributed by atoms with van der Waals surface area (Å²) in [7, 11) is 0. The van der Waals surface area contributed by atoms with Crippen molar-refractivity contribution < 1.29 is 14.6 Å². The maximum atomic E-state index is 11.1. The van der Waals surface area contributed by atoms with Crippen LogP contribution >= 0.6 is 11.6 Å². The lowest BCUT2D eigenvalue weighted by molar-refractivity contribution is -0.137. The Balaban J connectivity index is 1.25. The van der Waals surface area contributed by atoms with Crippen LogP contribution in [0, 0.1) is 23.2 Å². The molecule has 1 heterocycles. The Morgan fingerprint density at radius 1 is 1.14 bits per heavy atom. The first kappa shape index (κ1) is 38.5. The van der Waals surface area contributed by atoms with E-state index in [0.29, 0.717) is 35.4 Å². The largest absolute Gasteiger partial charge is 0.489 e. The number of aliphatic imine (C=N–C) groups is 1. The van der Waals surface area contributed by atoms with Crippen molar-refractivity contribution in [2.24, 2.45) is 16.8 Å². The quantitative estimate of drug-likeness (QED) is 0.0921. The van der Waals surface area contributed by atoms with E-state index in [0.717, 1.165) is 91.9 Å². The molecule has 7 heteroatoms. The van der Waals surface area contributed by atoms with Gasteiger partial charge in [0.15, 0.2) is 0 Å². The SMILES string of the molecule is C=C(/C=C\N=C(C(=C)C)N1CCC=C(CCC2CCC(=C)C(CCC(=O)O)C2)CC1)COc1ccc(C(C)(C)c2cc(Cl)cc(C#N)c2)cc1. The first-order chi connectivity index (χ1) is 23.8. The number of hydrogen-bond donors (Lipinski definition) is 1. The van der Waals surface area contributed by atoms with Crippen molar-refractivity contribution in [3.05, 3.63) is 125 Å². The van der Waals surface area contributed by atoms with E-state index >= 15 is 0 Å². The molecule has 1 N–H and O–H groups in total. The van der Waals surface area contributed by atoms with Crippen molar-refractivity contribution >= 4 is 23.4 Å². The maximum absolute atomic E-state index is 11.1. The summed E-state index contributed by atoms with van der Waals surface area (Å²) in [5.41, 5.74) is 6.75. The van der Waals surface area contributed by atoms with Crippen molar-refractivity contribution in [1.82, 2.24) is 4.90 Å². The molecule has 2 aliphatic rings. The van der Waals surface area contributed by atoms with Crippen LogP contribution in [0.25, 0.3) is 0 Å². The summed E-state index contributed by atoms with van der Waals surface area (Å²) in [5, 5.41) is 19.0. The molecule has 1 saturated carbocycles. The van der Waals surface area contributed by atoms with E-state index in [-0.39, 0.29) is 11.8 Å². The highest BCUT2D eigenvalue weighted by molar-refractivity contribution is 6.30. The van der Waals surface area contributed by atoms with Crippen molar-refractivity contribution in [2.75, 3.05) is 19.7 Å². The van der Waals surface area contributed by atoms with Crippen LogP contribution in [0.1, 0.15) is 95.2 Å². The van der Waals surface area contributed by atoms with Crippen molar-refractivity contribution in [3.8, 4) is 11.8 Å². The molecule has 0 bridgehead atoms. The third-order valence-electron chi connectivity index (χ3n) is 10.1. The number of halogens is 1. The van der Waals surface area contributed by atoms with Gasteiger partial charge in [0.2, 0.25) is 0 Å². The minimum Gasteiger partial charge on any atom is -0.489 e. The number of carboxylic acids is 1. The Hall–Kier alpha value is -4.34. The van der Waals surface area contributed by atoms with Gasteiger partial charge in [0.05, 0.1) is 11.6 Å². The minimum atomic E-state index is -0.716. The van der Waals surface area contributed by atoms with E-state index in [1.54, 1.807) is 12.3 Å². The van der Waals surface area contributed by atoms with Crippen LogP contribution in [0.4, 0.5) is 0 Å². The number of carboxylic acid groups (broad SMARTS) is 1. The van der Waals surface area contributed by atoms with Crippen molar-refractivity contribution in [2.45, 2.75) is 84.0 Å². The van der Waals surface area contributed by atoms with Gasteiger partial charge in [0, 0.05) is 36.1 Å². The standard InChI is InChI=1S/C43H52ClN3O3/c1-30(2)42(47-22-7-8-33(20-23-47)11-12-34-10-9-32(4)36(24-34)13-18-41(48)49)46-21-19-31(3)29-50-40-16-14-37(15-17-40)43(5,6)38-25-35(28-45)26-39(44)27-38/h8,14-17,19,21,25-27,34,36H,1,3-4,7,9-13,18,20,22-24,29H2,2,5-6H3,(H,48,49)/b21-19-,46-42?. The molecule has 1 fully saturated rings. The van der Waals surface area contributed by atoms with Gasteiger partial charge in [-0.05, 0) is 129 Å². The molecule has 2 aromatic carbocycles. The van der Waals surface area contributed by atoms with Gasteiger partial charge in [-0.1, -0.05) is 74.5 Å². The number of rotatable bonds is 14. The number of allylic oxidation sites excluding steroid dienone is 1. The van der Waals surface area contributed by atoms with Crippen LogP contribution in [-0.2, 0) is 10.2 Å². The van der Waals surface area contributed by atoms with E-state index in [9.17, 15) is 10.1 Å². The molecule has 0 saturated heterocycles. The number of benzene rings is 2. The molecule has 264 valence electrons. The Morgan fingerprint density at radius 2 is 1.90 bits per heavy atom. The third-order valence-corrected chi connectivity index (χ3v) is 10.3. The van der Waals surface area contributed by atoms with Gasteiger partial charge < -0.3 is 14.7 Å². The van der Waals surface area contributed by atoms with E-state index in [1.807, 2.05) is 49.4 Å². The summed E-state index contributed by atoms with van der Waals surface area (Å²) in [5.74, 6) is 1.91. The van der Waals surface area contributed by atoms with E-state index < -0.39 is 5.97 Å². The van der Waals surface area contributed by atoms with Crippen LogP contribution in [0.5, 0.6) is 5.75 Å². The molecule has 0 spiro atoms. The van der Waals surface area contributed by atoms with E-state index in [1.165, 1.54) is 11.1 Å². The lowest BCUT2D eigenvalue weighted by Gasteiger charge is -2.31. The monoisotopic (exact) mass is 693 g/mol. The minimum absolute atomic E-state index is 0.230. The first-order valence-corrected chi connectivity index (χ1v) is 18.1. The van der Waals surface area contributed by atoms with Crippen LogP contribution in [-0.4, -0.2) is 41.5 Å². The molecule has 6 nitrogen and oxygen atoms in total. The van der Waals surface area contributed by atoms with E-state index in [2.05, 4.69) is 50.6 Å². The van der Waals surface area contributed by atoms with Gasteiger partial charge in [-0.15, -0.1) is 0 Å². The fraction of sp³-hybridized carbons (Fsp3) is 0.419.